The Morgan fingerprint density at radius 2 is 1.80 bits per heavy atom. The smallest absolute Gasteiger partial charge is 0.250 e. The Labute approximate surface area is 117 Å². The van der Waals surface area contributed by atoms with Gasteiger partial charge in [0.05, 0.1) is 5.69 Å². The molecule has 1 aromatic heterocycles. The molecule has 0 aliphatic rings. The van der Waals surface area contributed by atoms with E-state index in [1.165, 1.54) is 16.3 Å². The van der Waals surface area contributed by atoms with E-state index < -0.39 is 0 Å². The van der Waals surface area contributed by atoms with Crippen LogP contribution in [0.4, 0.5) is 5.69 Å². The van der Waals surface area contributed by atoms with Crippen molar-refractivity contribution in [3.63, 3.8) is 0 Å². The van der Waals surface area contributed by atoms with Gasteiger partial charge in [0.1, 0.15) is 0 Å². The van der Waals surface area contributed by atoms with E-state index in [2.05, 4.69) is 41.7 Å². The average Bonchev–Trinajstić information content (AvgIpc) is 2.48. The lowest BCUT2D eigenvalue weighted by molar-refractivity contribution is 0.859. The molecule has 3 nitrogen and oxygen atoms in total. The van der Waals surface area contributed by atoms with Crippen molar-refractivity contribution in [3.05, 3.63) is 76.7 Å². The maximum Gasteiger partial charge on any atom is 0.250 e. The van der Waals surface area contributed by atoms with E-state index >= 15 is 0 Å². The van der Waals surface area contributed by atoms with Crippen LogP contribution in [0.5, 0.6) is 0 Å². The van der Waals surface area contributed by atoms with Crippen LogP contribution in [-0.4, -0.2) is 4.57 Å². The molecular weight excluding hydrogens is 248 g/mol. The van der Waals surface area contributed by atoms with E-state index in [4.69, 9.17) is 0 Å². The third-order valence-corrected chi connectivity index (χ3v) is 3.45. The van der Waals surface area contributed by atoms with Crippen LogP contribution in [0.2, 0.25) is 0 Å². The predicted octanol–water partition coefficient (Wildman–Crippen LogP) is 3.15. The highest BCUT2D eigenvalue weighted by atomic mass is 16.1. The molecule has 1 heterocycles. The molecule has 0 radical (unpaired) electrons. The molecule has 2 aromatic carbocycles. The first-order chi connectivity index (χ1) is 9.74. The third kappa shape index (κ3) is 2.43. The summed E-state index contributed by atoms with van der Waals surface area (Å²) in [6.07, 6.45) is 1.81. The number of aromatic nitrogens is 1. The predicted molar refractivity (Wildman–Crippen MR) is 83.0 cm³/mol. The third-order valence-electron chi connectivity index (χ3n) is 3.45. The van der Waals surface area contributed by atoms with Gasteiger partial charge >= 0.3 is 0 Å². The minimum atomic E-state index is 0.000658. The molecule has 0 fully saturated rings. The highest BCUT2D eigenvalue weighted by molar-refractivity contribution is 5.85. The summed E-state index contributed by atoms with van der Waals surface area (Å²) in [6, 6.07) is 18.0. The largest absolute Gasteiger partial charge is 0.380 e. The van der Waals surface area contributed by atoms with Crippen LogP contribution in [-0.2, 0) is 13.6 Å². The van der Waals surface area contributed by atoms with Crippen molar-refractivity contribution < 1.29 is 0 Å². The standard InChI is InChI=1S/C17H16N2O/c1-19-12-15(9-10-17(19)20)18-11-14-7-4-6-13-5-2-3-8-16(13)14/h2-10,12,18H,11H2,1H3. The Morgan fingerprint density at radius 1 is 1.00 bits per heavy atom. The number of nitrogens with one attached hydrogen (secondary N) is 1. The number of rotatable bonds is 3. The van der Waals surface area contributed by atoms with Gasteiger partial charge in [0, 0.05) is 25.9 Å². The van der Waals surface area contributed by atoms with Gasteiger partial charge in [0.2, 0.25) is 5.56 Å². The Hall–Kier alpha value is -2.55. The van der Waals surface area contributed by atoms with Crippen LogP contribution in [0.15, 0.2) is 65.6 Å². The molecule has 3 heteroatoms. The Kier molecular flexibility index (Phi) is 3.25. The normalized spacial score (nSPS) is 10.7. The minimum absolute atomic E-state index is 0.000658. The molecule has 0 saturated carbocycles. The zero-order valence-electron chi connectivity index (χ0n) is 11.3. The minimum Gasteiger partial charge on any atom is -0.380 e. The SMILES string of the molecule is Cn1cc(NCc2cccc3ccccc23)ccc1=O. The van der Waals surface area contributed by atoms with E-state index in [1.54, 1.807) is 17.7 Å². The summed E-state index contributed by atoms with van der Waals surface area (Å²) >= 11 is 0. The van der Waals surface area contributed by atoms with Gasteiger partial charge in [-0.3, -0.25) is 4.79 Å². The maximum atomic E-state index is 11.4. The molecule has 0 bridgehead atoms. The van der Waals surface area contributed by atoms with Crippen molar-refractivity contribution in [1.82, 2.24) is 4.57 Å². The molecule has 0 spiro atoms. The molecule has 3 rings (SSSR count). The van der Waals surface area contributed by atoms with Gasteiger partial charge in [-0.15, -0.1) is 0 Å². The lowest BCUT2D eigenvalue weighted by Gasteiger charge is -2.10. The second-order valence-corrected chi connectivity index (χ2v) is 4.86. The summed E-state index contributed by atoms with van der Waals surface area (Å²) in [5.74, 6) is 0. The van der Waals surface area contributed by atoms with E-state index in [0.717, 1.165) is 12.2 Å². The Bertz CT molecular complexity index is 800. The van der Waals surface area contributed by atoms with Gasteiger partial charge in [-0.25, -0.2) is 0 Å². The van der Waals surface area contributed by atoms with E-state index in [0.29, 0.717) is 0 Å². The van der Waals surface area contributed by atoms with Gasteiger partial charge in [0.25, 0.3) is 0 Å². The quantitative estimate of drug-likeness (QED) is 0.788. The number of nitrogens with zero attached hydrogens (tertiary/aromatic N) is 1. The maximum absolute atomic E-state index is 11.4. The van der Waals surface area contributed by atoms with Crippen LogP contribution in [0, 0.1) is 0 Å². The molecule has 0 unspecified atom stereocenters. The first-order valence-corrected chi connectivity index (χ1v) is 6.61. The fourth-order valence-electron chi connectivity index (χ4n) is 2.34. The van der Waals surface area contributed by atoms with Crippen molar-refractivity contribution in [3.8, 4) is 0 Å². The van der Waals surface area contributed by atoms with Gasteiger partial charge < -0.3 is 9.88 Å². The van der Waals surface area contributed by atoms with Crippen molar-refractivity contribution >= 4 is 16.5 Å². The molecule has 0 saturated heterocycles. The average molecular weight is 264 g/mol. The summed E-state index contributed by atoms with van der Waals surface area (Å²) in [4.78, 5) is 11.4. The van der Waals surface area contributed by atoms with E-state index in [-0.39, 0.29) is 5.56 Å². The molecular formula is C17H16N2O. The number of fused-ring (bicyclic) bond motifs is 1. The second-order valence-electron chi connectivity index (χ2n) is 4.86. The van der Waals surface area contributed by atoms with Crippen molar-refractivity contribution in [2.75, 3.05) is 5.32 Å². The van der Waals surface area contributed by atoms with Crippen LogP contribution in [0.1, 0.15) is 5.56 Å². The van der Waals surface area contributed by atoms with Crippen LogP contribution < -0.4 is 10.9 Å². The number of pyridine rings is 1. The van der Waals surface area contributed by atoms with Gasteiger partial charge in [-0.05, 0) is 22.4 Å². The number of benzene rings is 2. The van der Waals surface area contributed by atoms with Crippen molar-refractivity contribution in [1.29, 1.82) is 0 Å². The highest BCUT2D eigenvalue weighted by Crippen LogP contribution is 2.19. The molecule has 20 heavy (non-hydrogen) atoms. The molecule has 100 valence electrons. The Morgan fingerprint density at radius 3 is 2.65 bits per heavy atom. The summed E-state index contributed by atoms with van der Waals surface area (Å²) in [5, 5.41) is 5.86. The fourth-order valence-corrected chi connectivity index (χ4v) is 2.34. The lowest BCUT2D eigenvalue weighted by Crippen LogP contribution is -2.15. The van der Waals surface area contributed by atoms with Crippen LogP contribution in [0.25, 0.3) is 10.8 Å². The monoisotopic (exact) mass is 264 g/mol. The van der Waals surface area contributed by atoms with Crippen molar-refractivity contribution in [2.45, 2.75) is 6.54 Å². The van der Waals surface area contributed by atoms with Crippen LogP contribution in [0.3, 0.4) is 0 Å². The summed E-state index contributed by atoms with van der Waals surface area (Å²) in [7, 11) is 1.76. The second kappa shape index (κ2) is 5.21. The first kappa shape index (κ1) is 12.5. The lowest BCUT2D eigenvalue weighted by atomic mass is 10.0. The van der Waals surface area contributed by atoms with E-state index in [1.807, 2.05) is 18.3 Å². The number of anilines is 1. The first-order valence-electron chi connectivity index (χ1n) is 6.61. The fraction of sp³-hybridized carbons (Fsp3) is 0.118. The van der Waals surface area contributed by atoms with Gasteiger partial charge in [-0.1, -0.05) is 42.5 Å². The molecule has 0 aliphatic heterocycles. The van der Waals surface area contributed by atoms with Crippen molar-refractivity contribution in [2.24, 2.45) is 7.05 Å². The zero-order valence-corrected chi connectivity index (χ0v) is 11.3. The number of hydrogen-bond acceptors (Lipinski definition) is 2. The molecule has 1 N–H and O–H groups in total. The summed E-state index contributed by atoms with van der Waals surface area (Å²) < 4.78 is 1.57. The molecule has 3 aromatic rings. The number of aryl methyl sites for hydroxylation is 1. The van der Waals surface area contributed by atoms with E-state index in [9.17, 15) is 4.79 Å². The summed E-state index contributed by atoms with van der Waals surface area (Å²) in [5.41, 5.74) is 2.19. The Balaban J connectivity index is 1.86. The molecule has 0 aliphatic carbocycles. The molecule has 0 amide bonds. The summed E-state index contributed by atoms with van der Waals surface area (Å²) in [6.45, 7) is 0.736. The molecule has 0 atom stereocenters. The van der Waals surface area contributed by atoms with Gasteiger partial charge in [-0.2, -0.15) is 0 Å². The van der Waals surface area contributed by atoms with Crippen LogP contribution >= 0.6 is 0 Å². The van der Waals surface area contributed by atoms with Gasteiger partial charge in [0.15, 0.2) is 0 Å². The zero-order chi connectivity index (χ0) is 13.9. The highest BCUT2D eigenvalue weighted by Gasteiger charge is 2.00. The number of hydrogen-bond donors (Lipinski definition) is 1. The topological polar surface area (TPSA) is 34.0 Å².